The lowest BCUT2D eigenvalue weighted by Crippen LogP contribution is -2.59. The van der Waals surface area contributed by atoms with Gasteiger partial charge in [-0.1, -0.05) is 30.3 Å². The van der Waals surface area contributed by atoms with Crippen molar-refractivity contribution in [3.05, 3.63) is 53.9 Å². The topological polar surface area (TPSA) is 85.6 Å². The van der Waals surface area contributed by atoms with Crippen LogP contribution < -0.4 is 4.90 Å². The van der Waals surface area contributed by atoms with Crippen LogP contribution in [0.3, 0.4) is 0 Å². The molecule has 0 saturated carbocycles. The maximum atomic E-state index is 12.9. The van der Waals surface area contributed by atoms with Gasteiger partial charge in [0, 0.05) is 44.8 Å². The second kappa shape index (κ2) is 9.96. The molecule has 1 aromatic heterocycles. The van der Waals surface area contributed by atoms with Gasteiger partial charge in [0.25, 0.3) is 0 Å². The number of piperazine rings is 1. The Morgan fingerprint density at radius 2 is 1.72 bits per heavy atom. The summed E-state index contributed by atoms with van der Waals surface area (Å²) in [5, 5.41) is 8.95. The average molecular weight is 435 g/mol. The average Bonchev–Trinajstić information content (AvgIpc) is 2.81. The quantitative estimate of drug-likeness (QED) is 0.731. The number of carbonyl (C=O) groups is 1. The highest BCUT2D eigenvalue weighted by atomic mass is 16.6. The van der Waals surface area contributed by atoms with Gasteiger partial charge in [-0.2, -0.15) is 5.26 Å². The summed E-state index contributed by atoms with van der Waals surface area (Å²) in [6.07, 6.45) is 4.54. The lowest BCUT2D eigenvalue weighted by molar-refractivity contribution is 0.0220. The molecule has 32 heavy (non-hydrogen) atoms. The molecule has 2 aromatic rings. The van der Waals surface area contributed by atoms with Crippen molar-refractivity contribution in [2.75, 3.05) is 31.1 Å². The van der Waals surface area contributed by atoms with Crippen molar-refractivity contribution in [2.45, 2.75) is 51.4 Å². The highest BCUT2D eigenvalue weighted by Gasteiger charge is 2.35. The van der Waals surface area contributed by atoms with Crippen molar-refractivity contribution in [1.82, 2.24) is 19.8 Å². The molecule has 1 amide bonds. The Balaban J connectivity index is 1.27. The van der Waals surface area contributed by atoms with E-state index >= 15 is 0 Å². The molecule has 2 saturated heterocycles. The molecule has 2 aliphatic heterocycles. The first-order valence-electron chi connectivity index (χ1n) is 11.3. The van der Waals surface area contributed by atoms with Gasteiger partial charge in [-0.15, -0.1) is 0 Å². The predicted octanol–water partition coefficient (Wildman–Crippen LogP) is 3.05. The van der Waals surface area contributed by atoms with E-state index in [4.69, 9.17) is 10.00 Å². The standard InChI is InChI=1S/C24H30N6O2/c1-18-15-29(16-19(2)30(18)23-26-13-21(12-25)14-27-23)24(31)32-22-8-10-28(11-9-22)17-20-6-4-3-5-7-20/h3-7,13-14,18-19,22H,8-11,15-17H2,1-2H3/t18-,19-/m1/s1. The van der Waals surface area contributed by atoms with E-state index in [-0.39, 0.29) is 24.3 Å². The van der Waals surface area contributed by atoms with Gasteiger partial charge in [-0.05, 0) is 32.3 Å². The monoisotopic (exact) mass is 434 g/mol. The fourth-order valence-corrected chi connectivity index (χ4v) is 4.62. The summed E-state index contributed by atoms with van der Waals surface area (Å²) >= 11 is 0. The summed E-state index contributed by atoms with van der Waals surface area (Å²) in [5.41, 5.74) is 1.75. The number of piperidine rings is 1. The van der Waals surface area contributed by atoms with Gasteiger partial charge in [0.15, 0.2) is 0 Å². The van der Waals surface area contributed by atoms with Crippen LogP contribution in [-0.2, 0) is 11.3 Å². The number of amides is 1. The molecule has 2 atom stereocenters. The number of aromatic nitrogens is 2. The zero-order valence-corrected chi connectivity index (χ0v) is 18.7. The van der Waals surface area contributed by atoms with Crippen LogP contribution >= 0.6 is 0 Å². The first-order chi connectivity index (χ1) is 15.5. The number of carbonyl (C=O) groups excluding carboxylic acids is 1. The number of likely N-dealkylation sites (tertiary alicyclic amines) is 1. The Hall–Kier alpha value is -3.18. The van der Waals surface area contributed by atoms with Crippen LogP contribution in [0.4, 0.5) is 10.7 Å². The van der Waals surface area contributed by atoms with Crippen molar-refractivity contribution in [3.8, 4) is 6.07 Å². The molecule has 0 spiro atoms. The molecule has 0 unspecified atom stereocenters. The third-order valence-electron chi connectivity index (χ3n) is 6.23. The summed E-state index contributed by atoms with van der Waals surface area (Å²) < 4.78 is 5.87. The molecular weight excluding hydrogens is 404 g/mol. The molecule has 0 bridgehead atoms. The summed E-state index contributed by atoms with van der Waals surface area (Å²) in [6.45, 7) is 8.03. The zero-order chi connectivity index (χ0) is 22.5. The fraction of sp³-hybridized carbons (Fsp3) is 0.500. The third kappa shape index (κ3) is 5.17. The number of ether oxygens (including phenoxy) is 1. The van der Waals surface area contributed by atoms with Crippen molar-refractivity contribution >= 4 is 12.0 Å². The van der Waals surface area contributed by atoms with Gasteiger partial charge in [-0.25, -0.2) is 14.8 Å². The Morgan fingerprint density at radius 1 is 1.09 bits per heavy atom. The Morgan fingerprint density at radius 3 is 2.31 bits per heavy atom. The second-order valence-electron chi connectivity index (χ2n) is 8.74. The maximum Gasteiger partial charge on any atom is 0.410 e. The van der Waals surface area contributed by atoms with Crippen LogP contribution in [0, 0.1) is 11.3 Å². The molecule has 2 fully saturated rings. The van der Waals surface area contributed by atoms with Gasteiger partial charge in [0.05, 0.1) is 18.0 Å². The summed E-state index contributed by atoms with van der Waals surface area (Å²) in [7, 11) is 0. The highest BCUT2D eigenvalue weighted by molar-refractivity contribution is 5.68. The number of nitriles is 1. The molecule has 3 heterocycles. The number of rotatable bonds is 4. The largest absolute Gasteiger partial charge is 0.446 e. The van der Waals surface area contributed by atoms with Crippen molar-refractivity contribution < 1.29 is 9.53 Å². The van der Waals surface area contributed by atoms with Gasteiger partial charge < -0.3 is 14.5 Å². The van der Waals surface area contributed by atoms with Crippen LogP contribution in [0.15, 0.2) is 42.7 Å². The van der Waals surface area contributed by atoms with Gasteiger partial charge in [-0.3, -0.25) is 4.90 Å². The van der Waals surface area contributed by atoms with E-state index in [9.17, 15) is 4.79 Å². The zero-order valence-electron chi connectivity index (χ0n) is 18.7. The normalized spacial score (nSPS) is 22.4. The number of anilines is 1. The van der Waals surface area contributed by atoms with E-state index < -0.39 is 0 Å². The minimum absolute atomic E-state index is 0.0278. The van der Waals surface area contributed by atoms with Crippen LogP contribution in [0.2, 0.25) is 0 Å². The molecule has 1 aromatic carbocycles. The minimum Gasteiger partial charge on any atom is -0.446 e. The van der Waals surface area contributed by atoms with Crippen LogP contribution in [0.5, 0.6) is 0 Å². The number of hydrogen-bond donors (Lipinski definition) is 0. The SMILES string of the molecule is C[C@@H]1CN(C(=O)OC2CCN(Cc3ccccc3)CC2)C[C@@H](C)N1c1ncc(C#N)cn1. The van der Waals surface area contributed by atoms with E-state index in [0.717, 1.165) is 32.5 Å². The molecule has 0 aliphatic carbocycles. The van der Waals surface area contributed by atoms with Crippen molar-refractivity contribution in [1.29, 1.82) is 5.26 Å². The first-order valence-corrected chi connectivity index (χ1v) is 11.3. The van der Waals surface area contributed by atoms with Crippen LogP contribution in [-0.4, -0.2) is 70.2 Å². The lowest BCUT2D eigenvalue weighted by Gasteiger charge is -2.44. The number of hydrogen-bond acceptors (Lipinski definition) is 7. The lowest BCUT2D eigenvalue weighted by atomic mass is 10.1. The van der Waals surface area contributed by atoms with Gasteiger partial charge in [0.2, 0.25) is 5.95 Å². The fourth-order valence-electron chi connectivity index (χ4n) is 4.62. The molecule has 0 N–H and O–H groups in total. The Bertz CT molecular complexity index is 925. The molecule has 0 radical (unpaired) electrons. The van der Waals surface area contributed by atoms with E-state index in [0.29, 0.717) is 24.6 Å². The minimum atomic E-state index is -0.231. The number of nitrogens with zero attached hydrogens (tertiary/aromatic N) is 6. The second-order valence-corrected chi connectivity index (χ2v) is 8.74. The molecule has 8 heteroatoms. The third-order valence-corrected chi connectivity index (χ3v) is 6.23. The van der Waals surface area contributed by atoms with Crippen LogP contribution in [0.1, 0.15) is 37.8 Å². The van der Waals surface area contributed by atoms with Crippen molar-refractivity contribution in [2.24, 2.45) is 0 Å². The highest BCUT2D eigenvalue weighted by Crippen LogP contribution is 2.23. The van der Waals surface area contributed by atoms with E-state index in [1.165, 1.54) is 18.0 Å². The smallest absolute Gasteiger partial charge is 0.410 e. The Kier molecular flexibility index (Phi) is 6.86. The first kappa shape index (κ1) is 22.0. The number of benzene rings is 1. The summed E-state index contributed by atoms with van der Waals surface area (Å²) in [5.74, 6) is 0.586. The molecule has 4 rings (SSSR count). The van der Waals surface area contributed by atoms with Crippen molar-refractivity contribution in [3.63, 3.8) is 0 Å². The Labute approximate surface area is 189 Å². The summed E-state index contributed by atoms with van der Waals surface area (Å²) in [4.78, 5) is 27.8. The maximum absolute atomic E-state index is 12.9. The molecule has 2 aliphatic rings. The van der Waals surface area contributed by atoms with Gasteiger partial charge >= 0.3 is 6.09 Å². The van der Waals surface area contributed by atoms with Gasteiger partial charge in [0.1, 0.15) is 12.2 Å². The van der Waals surface area contributed by atoms with E-state index in [1.54, 1.807) is 4.90 Å². The van der Waals surface area contributed by atoms with E-state index in [1.807, 2.05) is 12.1 Å². The molecular formula is C24H30N6O2. The molecule has 168 valence electrons. The van der Waals surface area contributed by atoms with E-state index in [2.05, 4.69) is 57.9 Å². The van der Waals surface area contributed by atoms with Crippen LogP contribution in [0.25, 0.3) is 0 Å². The molecule has 8 nitrogen and oxygen atoms in total. The summed E-state index contributed by atoms with van der Waals surface area (Å²) in [6, 6.07) is 12.6. The predicted molar refractivity (Wildman–Crippen MR) is 121 cm³/mol.